The van der Waals surface area contributed by atoms with E-state index in [1.54, 1.807) is 0 Å². The lowest BCUT2D eigenvalue weighted by molar-refractivity contribution is 0.144. The van der Waals surface area contributed by atoms with E-state index in [-0.39, 0.29) is 13.2 Å². The number of phosphoric acid groups is 1. The van der Waals surface area contributed by atoms with E-state index in [9.17, 15) is 9.46 Å². The van der Waals surface area contributed by atoms with Crippen molar-refractivity contribution in [3.63, 3.8) is 0 Å². The highest BCUT2D eigenvalue weighted by Gasteiger charge is 2.19. The molecule has 0 saturated carbocycles. The Kier molecular flexibility index (Phi) is 19.6. The van der Waals surface area contributed by atoms with Crippen LogP contribution in [0.5, 0.6) is 11.5 Å². The second-order valence-electron chi connectivity index (χ2n) is 10.9. The average Bonchev–Trinajstić information content (AvgIpc) is 2.97. The molecular weight excluding hydrogens is 535 g/mol. The molecule has 0 unspecified atom stereocenters. The lowest BCUT2D eigenvalue weighted by atomic mass is 10.1. The summed E-state index contributed by atoms with van der Waals surface area (Å²) in [6, 6.07) is 16.8. The lowest BCUT2D eigenvalue weighted by Gasteiger charge is -2.12. The first-order chi connectivity index (χ1) is 20.0. The Morgan fingerprint density at radius 3 is 1.24 bits per heavy atom. The van der Waals surface area contributed by atoms with E-state index in [1.165, 1.54) is 49.7 Å². The third kappa shape index (κ3) is 18.3. The molecule has 232 valence electrons. The van der Waals surface area contributed by atoms with Crippen LogP contribution in [-0.2, 0) is 26.5 Å². The maximum atomic E-state index is 12.1. The van der Waals surface area contributed by atoms with Gasteiger partial charge in [0, 0.05) is 0 Å². The van der Waals surface area contributed by atoms with Gasteiger partial charge in [-0.3, -0.25) is 9.05 Å². The van der Waals surface area contributed by atoms with Crippen molar-refractivity contribution in [3.05, 3.63) is 59.7 Å². The molecule has 0 heterocycles. The fourth-order valence-electron chi connectivity index (χ4n) is 4.56. The summed E-state index contributed by atoms with van der Waals surface area (Å²) >= 11 is 0. The van der Waals surface area contributed by atoms with Crippen molar-refractivity contribution in [1.82, 2.24) is 0 Å². The van der Waals surface area contributed by atoms with Crippen LogP contribution in [-0.4, -0.2) is 31.3 Å². The zero-order valence-electron chi connectivity index (χ0n) is 25.7. The zero-order chi connectivity index (χ0) is 29.4. The van der Waals surface area contributed by atoms with Crippen molar-refractivity contribution in [1.29, 1.82) is 0 Å². The second-order valence-corrected chi connectivity index (χ2v) is 12.3. The highest BCUT2D eigenvalue weighted by Crippen LogP contribution is 2.43. The number of rotatable bonds is 26. The Morgan fingerprint density at radius 1 is 0.512 bits per heavy atom. The highest BCUT2D eigenvalue weighted by molar-refractivity contribution is 7.47. The van der Waals surface area contributed by atoms with Gasteiger partial charge in [0.2, 0.25) is 0 Å². The number of hydrogen-bond donors (Lipinski definition) is 1. The predicted molar refractivity (Wildman–Crippen MR) is 169 cm³/mol. The molecule has 0 aromatic heterocycles. The van der Waals surface area contributed by atoms with Gasteiger partial charge >= 0.3 is 7.82 Å². The van der Waals surface area contributed by atoms with E-state index >= 15 is 0 Å². The molecule has 2 aromatic carbocycles. The number of hydrogen-bond acceptors (Lipinski definition) is 5. The monoisotopic (exact) mass is 590 g/mol. The lowest BCUT2D eigenvalue weighted by Crippen LogP contribution is -2.01. The summed E-state index contributed by atoms with van der Waals surface area (Å²) in [4.78, 5) is 9.88. The van der Waals surface area contributed by atoms with Gasteiger partial charge in [0.1, 0.15) is 11.5 Å². The average molecular weight is 591 g/mol. The minimum atomic E-state index is -3.97. The van der Waals surface area contributed by atoms with E-state index in [1.807, 2.05) is 0 Å². The third-order valence-electron chi connectivity index (χ3n) is 7.11. The van der Waals surface area contributed by atoms with Crippen LogP contribution < -0.4 is 9.47 Å². The zero-order valence-corrected chi connectivity index (χ0v) is 26.6. The van der Waals surface area contributed by atoms with Crippen LogP contribution >= 0.6 is 7.82 Å². The molecule has 6 nitrogen and oxygen atoms in total. The Bertz CT molecular complexity index is 858. The molecule has 0 aliphatic rings. The quantitative estimate of drug-likeness (QED) is 0.0868. The minimum Gasteiger partial charge on any atom is -0.494 e. The topological polar surface area (TPSA) is 74.2 Å². The summed E-state index contributed by atoms with van der Waals surface area (Å²) in [5.74, 6) is 1.83. The summed E-state index contributed by atoms with van der Waals surface area (Å²) in [5.41, 5.74) is 2.73. The van der Waals surface area contributed by atoms with Crippen LogP contribution in [0.25, 0.3) is 0 Å². The van der Waals surface area contributed by atoms with Crippen LogP contribution in [0.4, 0.5) is 0 Å². The van der Waals surface area contributed by atoms with Crippen LogP contribution in [0.2, 0.25) is 0 Å². The van der Waals surface area contributed by atoms with Gasteiger partial charge in [-0.05, 0) is 99.6 Å². The van der Waals surface area contributed by atoms with Crippen molar-refractivity contribution in [2.75, 3.05) is 26.4 Å². The molecule has 0 atom stereocenters. The van der Waals surface area contributed by atoms with Gasteiger partial charge in [-0.25, -0.2) is 4.57 Å². The predicted octanol–water partition coefficient (Wildman–Crippen LogP) is 9.86. The molecule has 0 saturated heterocycles. The molecule has 0 bridgehead atoms. The number of aryl methyl sites for hydroxylation is 2. The van der Waals surface area contributed by atoms with Crippen molar-refractivity contribution >= 4 is 7.82 Å². The molecule has 0 aliphatic heterocycles. The molecular formula is C34H55O6P. The largest absolute Gasteiger partial charge is 0.494 e. The van der Waals surface area contributed by atoms with Gasteiger partial charge in [-0.15, -0.1) is 0 Å². The van der Waals surface area contributed by atoms with Crippen LogP contribution in [0.15, 0.2) is 48.5 Å². The SMILES string of the molecule is CCCCCc1ccc(OCCCCCCOP(=O)(O)OCCCCCCOc2ccc(CCCCC)cc2)cc1. The molecule has 2 aromatic rings. The minimum absolute atomic E-state index is 0.227. The summed E-state index contributed by atoms with van der Waals surface area (Å²) in [6.45, 7) is 6.25. The summed E-state index contributed by atoms with van der Waals surface area (Å²) in [5, 5.41) is 0. The Labute approximate surface area is 249 Å². The van der Waals surface area contributed by atoms with Gasteiger partial charge < -0.3 is 14.4 Å². The number of phosphoric ester groups is 1. The molecule has 0 radical (unpaired) electrons. The summed E-state index contributed by atoms with van der Waals surface area (Å²) < 4.78 is 34.0. The van der Waals surface area contributed by atoms with E-state index in [0.717, 1.165) is 75.7 Å². The molecule has 7 heteroatoms. The number of benzene rings is 2. The first-order valence-electron chi connectivity index (χ1n) is 16.1. The van der Waals surface area contributed by atoms with Crippen LogP contribution in [0.3, 0.4) is 0 Å². The molecule has 1 N–H and O–H groups in total. The first-order valence-corrected chi connectivity index (χ1v) is 17.6. The number of unbranched alkanes of at least 4 members (excludes halogenated alkanes) is 10. The van der Waals surface area contributed by atoms with E-state index in [2.05, 4.69) is 62.4 Å². The van der Waals surface area contributed by atoms with E-state index < -0.39 is 7.82 Å². The fourth-order valence-corrected chi connectivity index (χ4v) is 5.35. The molecule has 0 amide bonds. The van der Waals surface area contributed by atoms with Gasteiger partial charge in [-0.1, -0.05) is 76.6 Å². The molecule has 2 rings (SSSR count). The second kappa shape index (κ2) is 22.7. The molecule has 41 heavy (non-hydrogen) atoms. The fraction of sp³-hybridized carbons (Fsp3) is 0.647. The van der Waals surface area contributed by atoms with Crippen molar-refractivity contribution in [2.24, 2.45) is 0 Å². The Hall–Kier alpha value is -1.85. The third-order valence-corrected chi connectivity index (χ3v) is 8.13. The summed E-state index contributed by atoms with van der Waals surface area (Å²) in [7, 11) is -3.97. The maximum absolute atomic E-state index is 12.1. The Balaban J connectivity index is 1.38. The first kappa shape index (κ1) is 35.3. The van der Waals surface area contributed by atoms with Gasteiger partial charge in [-0.2, -0.15) is 0 Å². The smallest absolute Gasteiger partial charge is 0.472 e. The summed E-state index contributed by atoms with van der Waals surface area (Å²) in [6.07, 6.45) is 16.9. The van der Waals surface area contributed by atoms with Crippen molar-refractivity contribution in [2.45, 2.75) is 117 Å². The van der Waals surface area contributed by atoms with Gasteiger partial charge in [0.05, 0.1) is 26.4 Å². The molecule has 0 fully saturated rings. The maximum Gasteiger partial charge on any atom is 0.472 e. The normalized spacial score (nSPS) is 11.6. The van der Waals surface area contributed by atoms with E-state index in [0.29, 0.717) is 13.2 Å². The van der Waals surface area contributed by atoms with Crippen molar-refractivity contribution < 1.29 is 28.0 Å². The molecule has 0 aliphatic carbocycles. The van der Waals surface area contributed by atoms with Crippen molar-refractivity contribution in [3.8, 4) is 11.5 Å². The number of ether oxygens (including phenoxy) is 2. The molecule has 0 spiro atoms. The highest BCUT2D eigenvalue weighted by atomic mass is 31.2. The van der Waals surface area contributed by atoms with Gasteiger partial charge in [0.15, 0.2) is 0 Å². The van der Waals surface area contributed by atoms with Gasteiger partial charge in [0.25, 0.3) is 0 Å². The Morgan fingerprint density at radius 2 is 0.878 bits per heavy atom. The van der Waals surface area contributed by atoms with Crippen LogP contribution in [0.1, 0.15) is 115 Å². The standard InChI is InChI=1S/C34H55O6P/c1-3-5-11-17-31-19-23-33(24-20-31)37-27-13-7-9-15-29-39-41(35,36)40-30-16-10-8-14-28-38-34-25-21-32(22-26-34)18-12-6-4-2/h19-26H,3-18,27-30H2,1-2H3,(H,35,36). The van der Waals surface area contributed by atoms with E-state index in [4.69, 9.17) is 18.5 Å². The van der Waals surface area contributed by atoms with Crippen LogP contribution in [0, 0.1) is 0 Å².